The van der Waals surface area contributed by atoms with Crippen LogP contribution in [0.25, 0.3) is 10.9 Å². The molecule has 50 heavy (non-hydrogen) atoms. The Hall–Kier alpha value is -4.78. The van der Waals surface area contributed by atoms with Gasteiger partial charge in [-0.2, -0.15) is 0 Å². The summed E-state index contributed by atoms with van der Waals surface area (Å²) in [7, 11) is 0. The molecule has 1 atom stereocenters. The van der Waals surface area contributed by atoms with E-state index in [1.54, 1.807) is 16.4 Å². The maximum atomic E-state index is 16.3. The highest BCUT2D eigenvalue weighted by Gasteiger charge is 2.33. The summed E-state index contributed by atoms with van der Waals surface area (Å²) in [6.07, 6.45) is 5.08. The summed E-state index contributed by atoms with van der Waals surface area (Å²) in [6, 6.07) is 8.23. The zero-order valence-corrected chi connectivity index (χ0v) is 29.0. The smallest absolute Gasteiger partial charge is 0.343 e. The van der Waals surface area contributed by atoms with Crippen LogP contribution < -0.4 is 26.9 Å². The normalized spacial score (nSPS) is 16.6. The molecule has 2 aromatic carbocycles. The zero-order valence-electron chi connectivity index (χ0n) is 29.0. The van der Waals surface area contributed by atoms with Crippen LogP contribution in [0.2, 0.25) is 0 Å². The van der Waals surface area contributed by atoms with Crippen molar-refractivity contribution >= 4 is 34.1 Å². The summed E-state index contributed by atoms with van der Waals surface area (Å²) in [4.78, 5) is 57.9. The molecule has 11 nitrogen and oxygen atoms in total. The van der Waals surface area contributed by atoms with Crippen LogP contribution in [-0.4, -0.2) is 63.8 Å². The minimum atomic E-state index is -0.849. The number of unbranched alkanes of at least 4 members (excludes halogenated alkanes) is 1. The number of aromatic nitrogens is 3. The van der Waals surface area contributed by atoms with E-state index < -0.39 is 28.7 Å². The minimum absolute atomic E-state index is 0.00635. The molecule has 1 unspecified atom stereocenters. The highest BCUT2D eigenvalue weighted by Crippen LogP contribution is 2.40. The van der Waals surface area contributed by atoms with Crippen LogP contribution in [0.5, 0.6) is 0 Å². The number of carbonyl (C=O) groups is 1. The SMILES string of the molecule is CCOC(=O)c1cn(C2CC2)c2c(F)c(N3CCN(CCCCn4c(=O)cc(Nc5ccc(C)c(CC)c5)[nH]c4=O)C(C)C3)c(F)cc2c1=O. The second-order valence-corrected chi connectivity index (χ2v) is 13.3. The zero-order chi connectivity index (χ0) is 35.7. The molecule has 1 aliphatic carbocycles. The summed E-state index contributed by atoms with van der Waals surface area (Å²) in [5.41, 5.74) is 1.15. The fourth-order valence-electron chi connectivity index (χ4n) is 6.92. The van der Waals surface area contributed by atoms with Crippen molar-refractivity contribution in [2.75, 3.05) is 43.0 Å². The number of aromatic amines is 1. The van der Waals surface area contributed by atoms with Crippen molar-refractivity contribution in [1.82, 2.24) is 19.0 Å². The molecule has 2 aromatic heterocycles. The number of nitrogens with zero attached hydrogens (tertiary/aromatic N) is 4. The molecule has 1 saturated carbocycles. The van der Waals surface area contributed by atoms with E-state index in [0.29, 0.717) is 44.8 Å². The monoisotopic (exact) mass is 690 g/mol. The van der Waals surface area contributed by atoms with Gasteiger partial charge in [0.15, 0.2) is 5.82 Å². The maximum Gasteiger partial charge on any atom is 0.343 e. The van der Waals surface area contributed by atoms with Crippen LogP contribution in [-0.2, 0) is 17.7 Å². The van der Waals surface area contributed by atoms with Crippen molar-refractivity contribution in [2.45, 2.75) is 78.4 Å². The van der Waals surface area contributed by atoms with E-state index in [1.165, 1.54) is 28.0 Å². The average molecular weight is 691 g/mol. The lowest BCUT2D eigenvalue weighted by Gasteiger charge is -2.41. The topological polar surface area (TPSA) is 122 Å². The van der Waals surface area contributed by atoms with Crippen LogP contribution in [0, 0.1) is 18.6 Å². The number of benzene rings is 2. The Kier molecular flexibility index (Phi) is 10.2. The van der Waals surface area contributed by atoms with Crippen LogP contribution in [0.4, 0.5) is 26.0 Å². The third-order valence-corrected chi connectivity index (χ3v) is 9.81. The maximum absolute atomic E-state index is 16.3. The molecule has 13 heteroatoms. The quantitative estimate of drug-likeness (QED) is 0.153. The Bertz CT molecular complexity index is 2070. The predicted octanol–water partition coefficient (Wildman–Crippen LogP) is 5.25. The number of anilines is 3. The Labute approximate surface area is 288 Å². The third-order valence-electron chi connectivity index (χ3n) is 9.81. The molecule has 2 N–H and O–H groups in total. The predicted molar refractivity (Wildman–Crippen MR) is 190 cm³/mol. The molecule has 0 radical (unpaired) electrons. The number of esters is 1. The number of carbonyl (C=O) groups excluding carboxylic acids is 1. The number of hydrogen-bond acceptors (Lipinski definition) is 8. The van der Waals surface area contributed by atoms with Gasteiger partial charge in [0.25, 0.3) is 5.56 Å². The Morgan fingerprint density at radius 1 is 1.04 bits per heavy atom. The van der Waals surface area contributed by atoms with Gasteiger partial charge in [-0.1, -0.05) is 13.0 Å². The molecule has 1 aliphatic heterocycles. The van der Waals surface area contributed by atoms with Crippen LogP contribution in [0.1, 0.15) is 74.0 Å². The molecule has 4 aromatic rings. The molecule has 2 aliphatic rings. The fourth-order valence-corrected chi connectivity index (χ4v) is 6.92. The second kappa shape index (κ2) is 14.6. The summed E-state index contributed by atoms with van der Waals surface area (Å²) >= 11 is 0. The molecule has 1 saturated heterocycles. The first-order chi connectivity index (χ1) is 24.0. The Balaban J connectivity index is 1.09. The lowest BCUT2D eigenvalue weighted by atomic mass is 10.1. The number of nitrogens with one attached hydrogen (secondary N) is 2. The molecular weight excluding hydrogens is 646 g/mol. The fraction of sp³-hybridized carbons (Fsp3) is 0.459. The van der Waals surface area contributed by atoms with Crippen molar-refractivity contribution < 1.29 is 18.3 Å². The molecule has 2 fully saturated rings. The van der Waals surface area contributed by atoms with E-state index in [-0.39, 0.29) is 52.9 Å². The first-order valence-electron chi connectivity index (χ1n) is 17.4. The second-order valence-electron chi connectivity index (χ2n) is 13.3. The van der Waals surface area contributed by atoms with Crippen LogP contribution in [0.15, 0.2) is 50.9 Å². The van der Waals surface area contributed by atoms with Gasteiger partial charge in [-0.15, -0.1) is 0 Å². The van der Waals surface area contributed by atoms with Gasteiger partial charge in [-0.3, -0.25) is 24.0 Å². The molecule has 266 valence electrons. The summed E-state index contributed by atoms with van der Waals surface area (Å²) in [5, 5.41) is 2.95. The van der Waals surface area contributed by atoms with Crippen molar-refractivity contribution in [1.29, 1.82) is 0 Å². The van der Waals surface area contributed by atoms with Gasteiger partial charge in [0, 0.05) is 56.2 Å². The number of piperazine rings is 1. The van der Waals surface area contributed by atoms with Crippen molar-refractivity contribution in [2.24, 2.45) is 0 Å². The molecule has 6 rings (SSSR count). The first-order valence-corrected chi connectivity index (χ1v) is 17.4. The van der Waals surface area contributed by atoms with Gasteiger partial charge >= 0.3 is 11.7 Å². The summed E-state index contributed by atoms with van der Waals surface area (Å²) in [5.74, 6) is -2.12. The van der Waals surface area contributed by atoms with Crippen LogP contribution in [0.3, 0.4) is 0 Å². The lowest BCUT2D eigenvalue weighted by molar-refractivity contribution is 0.0524. The van der Waals surface area contributed by atoms with Crippen molar-refractivity contribution in [3.8, 4) is 0 Å². The number of fused-ring (bicyclic) bond motifs is 1. The van der Waals surface area contributed by atoms with Gasteiger partial charge < -0.3 is 19.5 Å². The summed E-state index contributed by atoms with van der Waals surface area (Å²) in [6.45, 7) is 10.1. The lowest BCUT2D eigenvalue weighted by Crippen LogP contribution is -2.52. The number of hydrogen-bond donors (Lipinski definition) is 2. The summed E-state index contributed by atoms with van der Waals surface area (Å²) < 4.78 is 39.7. The molecule has 3 heterocycles. The van der Waals surface area contributed by atoms with Crippen molar-refractivity contribution in [3.63, 3.8) is 0 Å². The standard InChI is InChI=1S/C37H44F2N6O5/c1-5-24-17-25(10-9-22(24)3)40-30-19-31(46)44(37(49)41-30)14-8-7-13-42-15-16-43(20-23(42)4)34-29(38)18-27-33(32(34)39)45(26-11-12-26)21-28(35(27)47)36(48)50-6-2/h9-10,17-19,21,23,26,40H,5-8,11-16,20H2,1-4H3,(H,41,49). The highest BCUT2D eigenvalue weighted by molar-refractivity contribution is 5.95. The molecule has 0 amide bonds. The van der Waals surface area contributed by atoms with Crippen molar-refractivity contribution in [3.05, 3.63) is 95.9 Å². The number of H-pyrrole nitrogens is 1. The van der Waals surface area contributed by atoms with E-state index >= 15 is 8.78 Å². The van der Waals surface area contributed by atoms with E-state index in [9.17, 15) is 19.2 Å². The average Bonchev–Trinajstić information content (AvgIpc) is 3.92. The van der Waals surface area contributed by atoms with Gasteiger partial charge in [0.2, 0.25) is 5.43 Å². The number of rotatable bonds is 12. The van der Waals surface area contributed by atoms with E-state index in [0.717, 1.165) is 31.0 Å². The minimum Gasteiger partial charge on any atom is -0.462 e. The largest absolute Gasteiger partial charge is 0.462 e. The molecule has 0 spiro atoms. The number of halogens is 2. The van der Waals surface area contributed by atoms with E-state index in [4.69, 9.17) is 4.74 Å². The highest BCUT2D eigenvalue weighted by atomic mass is 19.1. The Morgan fingerprint density at radius 2 is 1.80 bits per heavy atom. The van der Waals surface area contributed by atoms with Gasteiger partial charge in [-0.25, -0.2) is 18.4 Å². The number of aryl methyl sites for hydroxylation is 2. The van der Waals surface area contributed by atoms with Gasteiger partial charge in [0.05, 0.1) is 17.5 Å². The Morgan fingerprint density at radius 3 is 2.48 bits per heavy atom. The molecule has 0 bridgehead atoms. The van der Waals surface area contributed by atoms with Gasteiger partial charge in [-0.05, 0) is 88.7 Å². The van der Waals surface area contributed by atoms with E-state index in [1.807, 2.05) is 32.0 Å². The third kappa shape index (κ3) is 7.09. The van der Waals surface area contributed by atoms with Gasteiger partial charge in [0.1, 0.15) is 22.9 Å². The first kappa shape index (κ1) is 35.1. The molecular formula is C37H44F2N6O5. The van der Waals surface area contributed by atoms with E-state index in [2.05, 4.69) is 22.1 Å². The van der Waals surface area contributed by atoms with Crippen LogP contribution >= 0.6 is 0 Å². The number of pyridine rings is 1. The number of ether oxygens (including phenoxy) is 1.